The molecule has 2 aliphatic heterocycles. The predicted molar refractivity (Wildman–Crippen MR) is 44.4 cm³/mol. The van der Waals surface area contributed by atoms with Crippen molar-refractivity contribution in [1.29, 1.82) is 0 Å². The normalized spacial score (nSPS) is 25.1. The van der Waals surface area contributed by atoms with Crippen molar-refractivity contribution in [2.45, 2.75) is 12.7 Å². The Bertz CT molecular complexity index is 197. The maximum absolute atomic E-state index is 5.56. The van der Waals surface area contributed by atoms with Crippen LogP contribution in [0.1, 0.15) is 6.42 Å². The lowest BCUT2D eigenvalue weighted by atomic mass is 10.2. The molecule has 0 aromatic rings. The third-order valence-electron chi connectivity index (χ3n) is 2.23. The first kappa shape index (κ1) is 8.04. The third kappa shape index (κ3) is 1.33. The molecule has 4 nitrogen and oxygen atoms in total. The van der Waals surface area contributed by atoms with Crippen LogP contribution < -0.4 is 11.1 Å². The predicted octanol–water partition coefficient (Wildman–Crippen LogP) is -0.435. The first-order valence-electron chi connectivity index (χ1n) is 4.31. The summed E-state index contributed by atoms with van der Waals surface area (Å²) in [6, 6.07) is 0. The fourth-order valence-electron chi connectivity index (χ4n) is 1.64. The Labute approximate surface area is 71.7 Å². The van der Waals surface area contributed by atoms with E-state index >= 15 is 0 Å². The molecule has 0 atom stereocenters. The van der Waals surface area contributed by atoms with Crippen LogP contribution >= 0.6 is 0 Å². The molecule has 0 saturated carbocycles. The van der Waals surface area contributed by atoms with E-state index in [1.165, 1.54) is 5.57 Å². The largest absolute Gasteiger partial charge is 0.387 e. The number of nitrogens with one attached hydrogen (secondary N) is 1. The van der Waals surface area contributed by atoms with Gasteiger partial charge in [0.15, 0.2) is 6.29 Å². The Hall–Kier alpha value is -0.580. The molecule has 2 heterocycles. The number of hydrogen-bond acceptors (Lipinski definition) is 4. The van der Waals surface area contributed by atoms with Gasteiger partial charge in [0.2, 0.25) is 0 Å². The van der Waals surface area contributed by atoms with E-state index in [0.29, 0.717) is 19.8 Å². The number of rotatable bonds is 2. The van der Waals surface area contributed by atoms with Gasteiger partial charge in [0.25, 0.3) is 0 Å². The van der Waals surface area contributed by atoms with Gasteiger partial charge in [0.05, 0.1) is 13.2 Å². The zero-order valence-electron chi connectivity index (χ0n) is 7.01. The molecule has 4 heteroatoms. The van der Waals surface area contributed by atoms with Crippen molar-refractivity contribution in [3.63, 3.8) is 0 Å². The lowest BCUT2D eigenvalue weighted by molar-refractivity contribution is -0.0130. The minimum atomic E-state index is -0.126. The molecule has 0 aliphatic carbocycles. The minimum absolute atomic E-state index is 0.126. The highest BCUT2D eigenvalue weighted by molar-refractivity contribution is 5.21. The molecule has 3 N–H and O–H groups in total. The van der Waals surface area contributed by atoms with Gasteiger partial charge in [-0.25, -0.2) is 0 Å². The highest BCUT2D eigenvalue weighted by Crippen LogP contribution is 2.22. The lowest BCUT2D eigenvalue weighted by Gasteiger charge is -2.11. The van der Waals surface area contributed by atoms with Crippen molar-refractivity contribution >= 4 is 0 Å². The number of ether oxygens (including phenoxy) is 2. The average molecular weight is 170 g/mol. The zero-order valence-corrected chi connectivity index (χ0v) is 7.01. The average Bonchev–Trinajstić information content (AvgIpc) is 2.74. The second-order valence-corrected chi connectivity index (χ2v) is 2.96. The molecule has 0 unspecified atom stereocenters. The van der Waals surface area contributed by atoms with Crippen LogP contribution in [-0.4, -0.2) is 32.6 Å². The van der Waals surface area contributed by atoms with Crippen molar-refractivity contribution in [1.82, 2.24) is 5.32 Å². The van der Waals surface area contributed by atoms with E-state index in [2.05, 4.69) is 5.32 Å². The summed E-state index contributed by atoms with van der Waals surface area (Å²) in [5.74, 6) is 0. The molecule has 12 heavy (non-hydrogen) atoms. The summed E-state index contributed by atoms with van der Waals surface area (Å²) in [6.45, 7) is 2.92. The fraction of sp³-hybridized carbons (Fsp3) is 0.750. The fourth-order valence-corrected chi connectivity index (χ4v) is 1.64. The van der Waals surface area contributed by atoms with Crippen molar-refractivity contribution < 1.29 is 9.47 Å². The first-order valence-corrected chi connectivity index (χ1v) is 4.31. The summed E-state index contributed by atoms with van der Waals surface area (Å²) in [5.41, 5.74) is 7.86. The maximum atomic E-state index is 5.56. The highest BCUT2D eigenvalue weighted by Gasteiger charge is 2.26. The molecule has 0 radical (unpaired) electrons. The lowest BCUT2D eigenvalue weighted by Crippen LogP contribution is -2.19. The van der Waals surface area contributed by atoms with Crippen molar-refractivity contribution in [3.8, 4) is 0 Å². The van der Waals surface area contributed by atoms with Crippen LogP contribution in [0.15, 0.2) is 11.3 Å². The Morgan fingerprint density at radius 1 is 1.42 bits per heavy atom. The van der Waals surface area contributed by atoms with Gasteiger partial charge in [-0.05, 0) is 6.42 Å². The van der Waals surface area contributed by atoms with Gasteiger partial charge in [-0.15, -0.1) is 0 Å². The Kier molecular flexibility index (Phi) is 2.30. The summed E-state index contributed by atoms with van der Waals surface area (Å²) < 4.78 is 10.8. The standard InChI is InChI=1S/C8H14N2O2/c9-5-7-6(1-2-10-7)8-11-3-4-12-8/h8,10H,1-5,9H2. The summed E-state index contributed by atoms with van der Waals surface area (Å²) in [4.78, 5) is 0. The van der Waals surface area contributed by atoms with Gasteiger partial charge in [-0.3, -0.25) is 0 Å². The summed E-state index contributed by atoms with van der Waals surface area (Å²) in [5, 5.41) is 3.23. The topological polar surface area (TPSA) is 56.5 Å². The Morgan fingerprint density at radius 3 is 2.83 bits per heavy atom. The Morgan fingerprint density at radius 2 is 2.17 bits per heavy atom. The second kappa shape index (κ2) is 3.43. The van der Waals surface area contributed by atoms with Gasteiger partial charge in [0.1, 0.15) is 0 Å². The summed E-state index contributed by atoms with van der Waals surface area (Å²) in [7, 11) is 0. The molecule has 1 fully saturated rings. The maximum Gasteiger partial charge on any atom is 0.182 e. The second-order valence-electron chi connectivity index (χ2n) is 2.96. The number of nitrogens with two attached hydrogens (primary N) is 1. The van der Waals surface area contributed by atoms with Crippen LogP contribution in [0, 0.1) is 0 Å². The van der Waals surface area contributed by atoms with Crippen LogP contribution in [0.25, 0.3) is 0 Å². The summed E-state index contributed by atoms with van der Waals surface area (Å²) in [6.07, 6.45) is 0.871. The van der Waals surface area contributed by atoms with Crippen molar-refractivity contribution in [2.24, 2.45) is 5.73 Å². The molecule has 0 amide bonds. The summed E-state index contributed by atoms with van der Waals surface area (Å²) >= 11 is 0. The molecule has 1 saturated heterocycles. The van der Waals surface area contributed by atoms with E-state index in [0.717, 1.165) is 18.7 Å². The zero-order chi connectivity index (χ0) is 8.39. The Balaban J connectivity index is 2.08. The molecule has 2 rings (SSSR count). The molecule has 68 valence electrons. The molecular formula is C8H14N2O2. The van der Waals surface area contributed by atoms with Crippen molar-refractivity contribution in [3.05, 3.63) is 11.3 Å². The van der Waals surface area contributed by atoms with Gasteiger partial charge in [0, 0.05) is 24.4 Å². The molecule has 0 spiro atoms. The molecular weight excluding hydrogens is 156 g/mol. The monoisotopic (exact) mass is 170 g/mol. The van der Waals surface area contributed by atoms with Crippen LogP contribution in [0.2, 0.25) is 0 Å². The minimum Gasteiger partial charge on any atom is -0.387 e. The van der Waals surface area contributed by atoms with Crippen LogP contribution in [0.5, 0.6) is 0 Å². The third-order valence-corrected chi connectivity index (χ3v) is 2.23. The molecule has 2 aliphatic rings. The SMILES string of the molecule is NCC1=C(C2OCCO2)CCN1. The van der Waals surface area contributed by atoms with Gasteiger partial charge < -0.3 is 20.5 Å². The van der Waals surface area contributed by atoms with E-state index < -0.39 is 0 Å². The van der Waals surface area contributed by atoms with Gasteiger partial charge >= 0.3 is 0 Å². The van der Waals surface area contributed by atoms with Crippen LogP contribution in [0.3, 0.4) is 0 Å². The van der Waals surface area contributed by atoms with E-state index in [-0.39, 0.29) is 6.29 Å². The van der Waals surface area contributed by atoms with E-state index in [4.69, 9.17) is 15.2 Å². The van der Waals surface area contributed by atoms with E-state index in [9.17, 15) is 0 Å². The first-order chi connectivity index (χ1) is 5.92. The van der Waals surface area contributed by atoms with Crippen LogP contribution in [0.4, 0.5) is 0 Å². The smallest absolute Gasteiger partial charge is 0.182 e. The van der Waals surface area contributed by atoms with Gasteiger partial charge in [-0.2, -0.15) is 0 Å². The van der Waals surface area contributed by atoms with Gasteiger partial charge in [-0.1, -0.05) is 0 Å². The van der Waals surface area contributed by atoms with Crippen LogP contribution in [-0.2, 0) is 9.47 Å². The highest BCUT2D eigenvalue weighted by atomic mass is 16.7. The van der Waals surface area contributed by atoms with E-state index in [1.54, 1.807) is 0 Å². The molecule has 0 aromatic heterocycles. The quantitative estimate of drug-likeness (QED) is 0.590. The van der Waals surface area contributed by atoms with Crippen molar-refractivity contribution in [2.75, 3.05) is 26.3 Å². The molecule has 0 bridgehead atoms. The molecule has 0 aromatic carbocycles. The number of hydrogen-bond donors (Lipinski definition) is 2. The van der Waals surface area contributed by atoms with E-state index in [1.807, 2.05) is 0 Å².